The van der Waals surface area contributed by atoms with E-state index in [2.05, 4.69) is 6.92 Å². The summed E-state index contributed by atoms with van der Waals surface area (Å²) in [5.74, 6) is 0.458. The Morgan fingerprint density at radius 1 is 1.56 bits per heavy atom. The summed E-state index contributed by atoms with van der Waals surface area (Å²) in [6, 6.07) is 0. The van der Waals surface area contributed by atoms with E-state index in [1.165, 1.54) is 0 Å². The molecule has 56 valence electrons. The van der Waals surface area contributed by atoms with E-state index in [4.69, 9.17) is 10.8 Å². The first-order valence-corrected chi connectivity index (χ1v) is 3.58. The van der Waals surface area contributed by atoms with Gasteiger partial charge in [-0.25, -0.2) is 0 Å². The molecule has 0 amide bonds. The molecule has 3 N–H and O–H groups in total. The van der Waals surface area contributed by atoms with Crippen molar-refractivity contribution in [3.05, 3.63) is 0 Å². The molecule has 2 atom stereocenters. The Bertz CT molecular complexity index is 57.9. The summed E-state index contributed by atoms with van der Waals surface area (Å²) in [6.45, 7) is 4.71. The van der Waals surface area contributed by atoms with Crippen molar-refractivity contribution in [1.82, 2.24) is 0 Å². The normalized spacial score (nSPS) is 17.3. The smallest absolute Gasteiger partial charge is 0.0540 e. The molecule has 2 nitrogen and oxygen atoms in total. The Labute approximate surface area is 57.1 Å². The largest absolute Gasteiger partial charge is 0.393 e. The van der Waals surface area contributed by atoms with Gasteiger partial charge in [0.15, 0.2) is 0 Å². The van der Waals surface area contributed by atoms with Crippen LogP contribution in [0.25, 0.3) is 0 Å². The molecular formula is C7H17NO. The molecular weight excluding hydrogens is 114 g/mol. The van der Waals surface area contributed by atoms with Gasteiger partial charge < -0.3 is 10.8 Å². The number of nitrogens with two attached hydrogens (primary N) is 1. The van der Waals surface area contributed by atoms with Crippen LogP contribution in [0.3, 0.4) is 0 Å². The van der Waals surface area contributed by atoms with Crippen molar-refractivity contribution in [1.29, 1.82) is 0 Å². The highest BCUT2D eigenvalue weighted by molar-refractivity contribution is 4.59. The lowest BCUT2D eigenvalue weighted by atomic mass is 10.0. The van der Waals surface area contributed by atoms with Crippen molar-refractivity contribution in [3.63, 3.8) is 0 Å². The van der Waals surface area contributed by atoms with Gasteiger partial charge in [-0.05, 0) is 25.3 Å². The first kappa shape index (κ1) is 8.92. The van der Waals surface area contributed by atoms with Crippen molar-refractivity contribution in [3.8, 4) is 0 Å². The Morgan fingerprint density at radius 2 is 2.11 bits per heavy atom. The summed E-state index contributed by atoms with van der Waals surface area (Å²) in [5, 5.41) is 9.10. The van der Waals surface area contributed by atoms with Gasteiger partial charge in [0.05, 0.1) is 6.10 Å². The second kappa shape index (κ2) is 4.77. The first-order valence-electron chi connectivity index (χ1n) is 3.58. The van der Waals surface area contributed by atoms with Crippen LogP contribution in [0.4, 0.5) is 0 Å². The number of hydrogen-bond donors (Lipinski definition) is 2. The van der Waals surface area contributed by atoms with E-state index in [9.17, 15) is 0 Å². The standard InChI is InChI=1S/C7H17NO/c1-3-7(9)4-6(2)5-8/h6-7,9H,3-5,8H2,1-2H3. The first-order chi connectivity index (χ1) is 4.20. The molecule has 2 heteroatoms. The predicted molar refractivity (Wildman–Crippen MR) is 39.1 cm³/mol. The zero-order valence-corrected chi connectivity index (χ0v) is 6.30. The molecule has 0 saturated heterocycles. The van der Waals surface area contributed by atoms with Crippen molar-refractivity contribution in [2.45, 2.75) is 32.8 Å². The van der Waals surface area contributed by atoms with Gasteiger partial charge in [-0.15, -0.1) is 0 Å². The SMILES string of the molecule is CCC(O)CC(C)CN. The summed E-state index contributed by atoms with van der Waals surface area (Å²) >= 11 is 0. The molecule has 0 aliphatic rings. The fraction of sp³-hybridized carbons (Fsp3) is 1.00. The van der Waals surface area contributed by atoms with Crippen LogP contribution in [0.1, 0.15) is 26.7 Å². The van der Waals surface area contributed by atoms with Gasteiger partial charge >= 0.3 is 0 Å². The molecule has 0 heterocycles. The molecule has 9 heavy (non-hydrogen) atoms. The Balaban J connectivity index is 3.22. The molecule has 0 bridgehead atoms. The Morgan fingerprint density at radius 3 is 2.44 bits per heavy atom. The number of aliphatic hydroxyl groups is 1. The van der Waals surface area contributed by atoms with Crippen LogP contribution in [-0.4, -0.2) is 17.8 Å². The highest BCUT2D eigenvalue weighted by Gasteiger charge is 2.05. The fourth-order valence-corrected chi connectivity index (χ4v) is 0.727. The molecule has 2 unspecified atom stereocenters. The van der Waals surface area contributed by atoms with Crippen LogP contribution < -0.4 is 5.73 Å². The molecule has 0 aromatic rings. The van der Waals surface area contributed by atoms with Crippen LogP contribution in [0.15, 0.2) is 0 Å². The highest BCUT2D eigenvalue weighted by Crippen LogP contribution is 2.05. The Kier molecular flexibility index (Phi) is 4.72. The second-order valence-corrected chi connectivity index (χ2v) is 2.64. The Hall–Kier alpha value is -0.0800. The van der Waals surface area contributed by atoms with Gasteiger partial charge in [0.1, 0.15) is 0 Å². The van der Waals surface area contributed by atoms with Gasteiger partial charge in [0.25, 0.3) is 0 Å². The maximum absolute atomic E-state index is 9.10. The average molecular weight is 131 g/mol. The van der Waals surface area contributed by atoms with Gasteiger partial charge in [-0.1, -0.05) is 13.8 Å². The topological polar surface area (TPSA) is 46.2 Å². The molecule has 0 aliphatic heterocycles. The molecule has 0 aromatic carbocycles. The summed E-state index contributed by atoms with van der Waals surface area (Å²) < 4.78 is 0. The lowest BCUT2D eigenvalue weighted by molar-refractivity contribution is 0.143. The second-order valence-electron chi connectivity index (χ2n) is 2.64. The number of hydrogen-bond acceptors (Lipinski definition) is 2. The highest BCUT2D eigenvalue weighted by atomic mass is 16.3. The van der Waals surface area contributed by atoms with E-state index in [-0.39, 0.29) is 6.10 Å². The maximum Gasteiger partial charge on any atom is 0.0540 e. The van der Waals surface area contributed by atoms with Crippen LogP contribution in [-0.2, 0) is 0 Å². The van der Waals surface area contributed by atoms with Crippen molar-refractivity contribution in [2.24, 2.45) is 11.7 Å². The predicted octanol–water partition coefficient (Wildman–Crippen LogP) is 0.742. The fourth-order valence-electron chi connectivity index (χ4n) is 0.727. The average Bonchev–Trinajstić information content (AvgIpc) is 1.87. The minimum Gasteiger partial charge on any atom is -0.393 e. The summed E-state index contributed by atoms with van der Waals surface area (Å²) in [4.78, 5) is 0. The third-order valence-corrected chi connectivity index (χ3v) is 1.55. The van der Waals surface area contributed by atoms with E-state index in [1.54, 1.807) is 0 Å². The van der Waals surface area contributed by atoms with Crippen molar-refractivity contribution >= 4 is 0 Å². The van der Waals surface area contributed by atoms with E-state index in [0.717, 1.165) is 12.8 Å². The van der Waals surface area contributed by atoms with E-state index in [0.29, 0.717) is 12.5 Å². The van der Waals surface area contributed by atoms with Gasteiger partial charge in [0.2, 0.25) is 0 Å². The zero-order valence-electron chi connectivity index (χ0n) is 6.30. The van der Waals surface area contributed by atoms with Crippen LogP contribution in [0.5, 0.6) is 0 Å². The van der Waals surface area contributed by atoms with Crippen molar-refractivity contribution < 1.29 is 5.11 Å². The number of aliphatic hydroxyl groups excluding tert-OH is 1. The van der Waals surface area contributed by atoms with Crippen molar-refractivity contribution in [2.75, 3.05) is 6.54 Å². The van der Waals surface area contributed by atoms with Crippen LogP contribution >= 0.6 is 0 Å². The van der Waals surface area contributed by atoms with Crippen LogP contribution in [0.2, 0.25) is 0 Å². The zero-order chi connectivity index (χ0) is 7.28. The molecule has 0 radical (unpaired) electrons. The van der Waals surface area contributed by atoms with E-state index in [1.807, 2.05) is 6.92 Å². The molecule has 0 saturated carbocycles. The lowest BCUT2D eigenvalue weighted by Gasteiger charge is -2.11. The molecule has 0 aromatic heterocycles. The molecule has 0 aliphatic carbocycles. The third kappa shape index (κ3) is 4.43. The number of rotatable bonds is 4. The van der Waals surface area contributed by atoms with Gasteiger partial charge in [-0.3, -0.25) is 0 Å². The van der Waals surface area contributed by atoms with E-state index >= 15 is 0 Å². The molecule has 0 spiro atoms. The third-order valence-electron chi connectivity index (χ3n) is 1.55. The summed E-state index contributed by atoms with van der Waals surface area (Å²) in [5.41, 5.74) is 5.36. The maximum atomic E-state index is 9.10. The summed E-state index contributed by atoms with van der Waals surface area (Å²) in [7, 11) is 0. The molecule has 0 rings (SSSR count). The monoisotopic (exact) mass is 131 g/mol. The minimum atomic E-state index is -0.149. The summed E-state index contributed by atoms with van der Waals surface area (Å²) in [6.07, 6.45) is 1.53. The van der Waals surface area contributed by atoms with Crippen LogP contribution in [0, 0.1) is 5.92 Å². The molecule has 0 fully saturated rings. The lowest BCUT2D eigenvalue weighted by Crippen LogP contribution is -2.17. The van der Waals surface area contributed by atoms with Gasteiger partial charge in [-0.2, -0.15) is 0 Å². The quantitative estimate of drug-likeness (QED) is 0.591. The minimum absolute atomic E-state index is 0.149. The van der Waals surface area contributed by atoms with Gasteiger partial charge in [0, 0.05) is 0 Å². The van der Waals surface area contributed by atoms with E-state index < -0.39 is 0 Å².